The molecule has 0 atom stereocenters. The van der Waals surface area contributed by atoms with E-state index in [1.54, 1.807) is 24.3 Å². The van der Waals surface area contributed by atoms with E-state index in [1.807, 2.05) is 0 Å². The first-order valence-electron chi connectivity index (χ1n) is 6.43. The van der Waals surface area contributed by atoms with E-state index < -0.39 is 18.5 Å². The Morgan fingerprint density at radius 3 is 2.59 bits per heavy atom. The minimum absolute atomic E-state index is 0.166. The number of anilines is 1. The molecule has 1 N–H and O–H groups in total. The molecule has 0 aliphatic carbocycles. The third kappa shape index (κ3) is 4.46. The van der Waals surface area contributed by atoms with Gasteiger partial charge in [0.1, 0.15) is 0 Å². The lowest BCUT2D eigenvalue weighted by atomic mass is 10.0. The van der Waals surface area contributed by atoms with Crippen LogP contribution in [0.4, 0.5) is 19.0 Å². The zero-order valence-electron chi connectivity index (χ0n) is 11.3. The molecule has 0 spiro atoms. The molecule has 1 aromatic heterocycles. The Kier molecular flexibility index (Phi) is 5.03. The number of hydrogen-bond acceptors (Lipinski definition) is 2. The van der Waals surface area contributed by atoms with Crippen molar-refractivity contribution in [3.05, 3.63) is 58.7 Å². The molecular formula is C15H12ClF3N2O. The molecule has 0 unspecified atom stereocenters. The maximum atomic E-state index is 12.3. The topological polar surface area (TPSA) is 42.0 Å². The molecule has 116 valence electrons. The van der Waals surface area contributed by atoms with Crippen molar-refractivity contribution in [1.29, 1.82) is 0 Å². The number of nitrogens with zero attached hydrogens (tertiary/aromatic N) is 1. The summed E-state index contributed by atoms with van der Waals surface area (Å²) in [6.07, 6.45) is -4.06. The lowest BCUT2D eigenvalue weighted by Crippen LogP contribution is -2.16. The van der Waals surface area contributed by atoms with Crippen LogP contribution in [-0.2, 0) is 6.42 Å². The SMILES string of the molecule is O=C(Nc1ncccc1Cl)c1ccccc1CCC(F)(F)F. The van der Waals surface area contributed by atoms with Gasteiger partial charge in [-0.15, -0.1) is 0 Å². The Labute approximate surface area is 130 Å². The van der Waals surface area contributed by atoms with E-state index in [0.29, 0.717) is 5.56 Å². The number of benzene rings is 1. The Balaban J connectivity index is 2.18. The first kappa shape index (κ1) is 16.3. The van der Waals surface area contributed by atoms with Crippen LogP contribution >= 0.6 is 11.6 Å². The molecule has 22 heavy (non-hydrogen) atoms. The molecular weight excluding hydrogens is 317 g/mol. The van der Waals surface area contributed by atoms with E-state index in [-0.39, 0.29) is 22.8 Å². The van der Waals surface area contributed by atoms with Crippen molar-refractivity contribution in [3.63, 3.8) is 0 Å². The van der Waals surface area contributed by atoms with Crippen molar-refractivity contribution in [1.82, 2.24) is 4.98 Å². The van der Waals surface area contributed by atoms with E-state index >= 15 is 0 Å². The number of rotatable bonds is 4. The summed E-state index contributed by atoms with van der Waals surface area (Å²) in [4.78, 5) is 16.1. The fourth-order valence-corrected chi connectivity index (χ4v) is 2.06. The van der Waals surface area contributed by atoms with Crippen LogP contribution < -0.4 is 5.32 Å². The highest BCUT2D eigenvalue weighted by Crippen LogP contribution is 2.24. The maximum Gasteiger partial charge on any atom is 0.389 e. The van der Waals surface area contributed by atoms with Gasteiger partial charge in [-0.1, -0.05) is 29.8 Å². The van der Waals surface area contributed by atoms with Gasteiger partial charge in [0.2, 0.25) is 0 Å². The number of halogens is 4. The van der Waals surface area contributed by atoms with E-state index in [2.05, 4.69) is 10.3 Å². The summed E-state index contributed by atoms with van der Waals surface area (Å²) in [7, 11) is 0. The molecule has 1 heterocycles. The number of carbonyl (C=O) groups excluding carboxylic acids is 1. The minimum Gasteiger partial charge on any atom is -0.305 e. The molecule has 3 nitrogen and oxygen atoms in total. The summed E-state index contributed by atoms with van der Waals surface area (Å²) in [6, 6.07) is 9.32. The van der Waals surface area contributed by atoms with E-state index in [1.165, 1.54) is 18.3 Å². The molecule has 0 fully saturated rings. The van der Waals surface area contributed by atoms with E-state index in [9.17, 15) is 18.0 Å². The van der Waals surface area contributed by atoms with Crippen molar-refractivity contribution in [2.45, 2.75) is 19.0 Å². The molecule has 1 aromatic carbocycles. The summed E-state index contributed by atoms with van der Waals surface area (Å²) in [5.41, 5.74) is 0.498. The number of pyridine rings is 1. The molecule has 7 heteroatoms. The molecule has 2 aromatic rings. The summed E-state index contributed by atoms with van der Waals surface area (Å²) in [5, 5.41) is 2.75. The lowest BCUT2D eigenvalue weighted by molar-refractivity contribution is -0.134. The number of amides is 1. The van der Waals surface area contributed by atoms with E-state index in [4.69, 9.17) is 11.6 Å². The molecule has 0 saturated carbocycles. The van der Waals surface area contributed by atoms with Crippen molar-refractivity contribution in [2.75, 3.05) is 5.32 Å². The normalized spacial score (nSPS) is 11.3. The monoisotopic (exact) mass is 328 g/mol. The van der Waals surface area contributed by atoms with Gasteiger partial charge in [0.15, 0.2) is 5.82 Å². The van der Waals surface area contributed by atoms with Crippen LogP contribution in [0.15, 0.2) is 42.6 Å². The van der Waals surface area contributed by atoms with Gasteiger partial charge in [0, 0.05) is 18.2 Å². The number of hydrogen-bond donors (Lipinski definition) is 1. The standard InChI is InChI=1S/C15H12ClF3N2O/c16-12-6-3-9-20-13(12)21-14(22)11-5-2-1-4-10(11)7-8-15(17,18)19/h1-6,9H,7-8H2,(H,20,21,22). The molecule has 0 saturated heterocycles. The van der Waals surface area contributed by atoms with Crippen LogP contribution in [0, 0.1) is 0 Å². The average molecular weight is 329 g/mol. The largest absolute Gasteiger partial charge is 0.389 e. The smallest absolute Gasteiger partial charge is 0.305 e. The second-order valence-electron chi connectivity index (χ2n) is 4.56. The minimum atomic E-state index is -4.27. The van der Waals surface area contributed by atoms with Crippen LogP contribution in [0.3, 0.4) is 0 Å². The first-order valence-corrected chi connectivity index (χ1v) is 6.81. The molecule has 0 aliphatic rings. The van der Waals surface area contributed by atoms with Gasteiger partial charge in [-0.3, -0.25) is 4.79 Å². The quantitative estimate of drug-likeness (QED) is 0.899. The van der Waals surface area contributed by atoms with E-state index in [0.717, 1.165) is 0 Å². The number of aryl methyl sites for hydroxylation is 1. The average Bonchev–Trinajstić information content (AvgIpc) is 2.47. The van der Waals surface area contributed by atoms with Gasteiger partial charge < -0.3 is 5.32 Å². The van der Waals surface area contributed by atoms with Crippen molar-refractivity contribution in [2.24, 2.45) is 0 Å². The zero-order chi connectivity index (χ0) is 16.2. The molecule has 0 radical (unpaired) electrons. The highest BCUT2D eigenvalue weighted by molar-refractivity contribution is 6.33. The molecule has 0 aliphatic heterocycles. The number of alkyl halides is 3. The van der Waals surface area contributed by atoms with Crippen molar-refractivity contribution in [3.8, 4) is 0 Å². The molecule has 2 rings (SSSR count). The maximum absolute atomic E-state index is 12.3. The second kappa shape index (κ2) is 6.79. The van der Waals surface area contributed by atoms with Gasteiger partial charge >= 0.3 is 6.18 Å². The van der Waals surface area contributed by atoms with Crippen molar-refractivity contribution < 1.29 is 18.0 Å². The third-order valence-corrected chi connectivity index (χ3v) is 3.24. The fourth-order valence-electron chi connectivity index (χ4n) is 1.89. The Hall–Kier alpha value is -2.08. The predicted molar refractivity (Wildman–Crippen MR) is 78.0 cm³/mol. The zero-order valence-corrected chi connectivity index (χ0v) is 12.1. The number of nitrogens with one attached hydrogen (secondary N) is 1. The number of carbonyl (C=O) groups is 1. The second-order valence-corrected chi connectivity index (χ2v) is 4.97. The Bertz CT molecular complexity index is 674. The Morgan fingerprint density at radius 2 is 1.91 bits per heavy atom. The van der Waals surface area contributed by atoms with Crippen LogP contribution in [0.1, 0.15) is 22.3 Å². The first-order chi connectivity index (χ1) is 10.4. The molecule has 0 bridgehead atoms. The highest BCUT2D eigenvalue weighted by Gasteiger charge is 2.27. The van der Waals surface area contributed by atoms with Crippen molar-refractivity contribution >= 4 is 23.3 Å². The third-order valence-electron chi connectivity index (χ3n) is 2.93. The van der Waals surface area contributed by atoms with Crippen LogP contribution in [0.25, 0.3) is 0 Å². The van der Waals surface area contributed by atoms with Gasteiger partial charge in [-0.2, -0.15) is 13.2 Å². The van der Waals surface area contributed by atoms with Gasteiger partial charge in [0.25, 0.3) is 5.91 Å². The highest BCUT2D eigenvalue weighted by atomic mass is 35.5. The van der Waals surface area contributed by atoms with Gasteiger partial charge in [0.05, 0.1) is 5.02 Å². The van der Waals surface area contributed by atoms with Crippen LogP contribution in [-0.4, -0.2) is 17.1 Å². The van der Waals surface area contributed by atoms with Crippen LogP contribution in [0.5, 0.6) is 0 Å². The van der Waals surface area contributed by atoms with Gasteiger partial charge in [-0.05, 0) is 30.2 Å². The Morgan fingerprint density at radius 1 is 1.18 bits per heavy atom. The summed E-state index contributed by atoms with van der Waals surface area (Å²) in [5.74, 6) is -0.377. The number of aromatic nitrogens is 1. The fraction of sp³-hybridized carbons (Fsp3) is 0.200. The predicted octanol–water partition coefficient (Wildman–Crippen LogP) is 4.48. The lowest BCUT2D eigenvalue weighted by Gasteiger charge is -2.11. The summed E-state index contributed by atoms with van der Waals surface area (Å²) < 4.78 is 37.0. The summed E-state index contributed by atoms with van der Waals surface area (Å²) >= 11 is 5.89. The molecule has 1 amide bonds. The summed E-state index contributed by atoms with van der Waals surface area (Å²) in [6.45, 7) is 0. The van der Waals surface area contributed by atoms with Crippen LogP contribution in [0.2, 0.25) is 5.02 Å². The van der Waals surface area contributed by atoms with Gasteiger partial charge in [-0.25, -0.2) is 4.98 Å².